The van der Waals surface area contributed by atoms with Gasteiger partial charge in [-0.3, -0.25) is 19.4 Å². The zero-order valence-electron chi connectivity index (χ0n) is 30.0. The van der Waals surface area contributed by atoms with Crippen molar-refractivity contribution in [2.75, 3.05) is 6.54 Å². The first-order chi connectivity index (χ1) is 26.5. The van der Waals surface area contributed by atoms with E-state index in [0.717, 1.165) is 46.5 Å². The molecule has 6 aromatic carbocycles. The van der Waals surface area contributed by atoms with E-state index in [1.54, 1.807) is 24.3 Å². The number of hydrogen-bond donors (Lipinski definition) is 1. The van der Waals surface area contributed by atoms with Gasteiger partial charge in [0.1, 0.15) is 0 Å². The van der Waals surface area contributed by atoms with E-state index >= 15 is 0 Å². The van der Waals surface area contributed by atoms with Crippen LogP contribution in [0.5, 0.6) is 0 Å². The van der Waals surface area contributed by atoms with Crippen molar-refractivity contribution in [1.82, 2.24) is 9.80 Å². The van der Waals surface area contributed by atoms with Gasteiger partial charge < -0.3 is 14.6 Å². The van der Waals surface area contributed by atoms with Crippen molar-refractivity contribution in [1.29, 1.82) is 0 Å². The predicted molar refractivity (Wildman–Crippen MR) is 208 cm³/mol. The van der Waals surface area contributed by atoms with Gasteiger partial charge >= 0.3 is 0 Å². The SMILES string of the molecule is O=C1c2ccccc2C(=O)N1Cc1cccc(-c2ccc([C@H]3O[C@@H](CN(Cc4ccccc4)Cc4ccccc4)C[C@@H](c4ccc(CO)cc4)O3)cc2)c1. The maximum Gasteiger partial charge on any atom is 0.261 e. The summed E-state index contributed by atoms with van der Waals surface area (Å²) in [5.41, 5.74) is 9.09. The molecule has 0 aromatic heterocycles. The van der Waals surface area contributed by atoms with Crippen LogP contribution in [0.15, 0.2) is 158 Å². The molecule has 7 heteroatoms. The van der Waals surface area contributed by atoms with Gasteiger partial charge in [-0.05, 0) is 57.1 Å². The second-order valence-corrected chi connectivity index (χ2v) is 14.1. The second-order valence-electron chi connectivity index (χ2n) is 14.1. The lowest BCUT2D eigenvalue weighted by molar-refractivity contribution is -0.253. The Morgan fingerprint density at radius 1 is 0.574 bits per heavy atom. The molecule has 2 heterocycles. The number of aliphatic hydroxyl groups is 1. The van der Waals surface area contributed by atoms with Crippen molar-refractivity contribution in [2.45, 2.75) is 51.2 Å². The first kappa shape index (κ1) is 35.3. The van der Waals surface area contributed by atoms with Crippen LogP contribution in [0.3, 0.4) is 0 Å². The van der Waals surface area contributed by atoms with Crippen LogP contribution < -0.4 is 0 Å². The summed E-state index contributed by atoms with van der Waals surface area (Å²) in [6, 6.07) is 52.2. The molecule has 0 spiro atoms. The van der Waals surface area contributed by atoms with Gasteiger partial charge in [-0.15, -0.1) is 0 Å². The van der Waals surface area contributed by atoms with Crippen LogP contribution in [0, 0.1) is 0 Å². The molecule has 7 nitrogen and oxygen atoms in total. The molecule has 0 bridgehead atoms. The van der Waals surface area contributed by atoms with E-state index in [9.17, 15) is 14.7 Å². The number of nitrogens with zero attached hydrogens (tertiary/aromatic N) is 2. The number of fused-ring (bicyclic) bond motifs is 1. The molecule has 0 saturated carbocycles. The minimum absolute atomic E-state index is 0.00782. The molecule has 54 heavy (non-hydrogen) atoms. The van der Waals surface area contributed by atoms with Gasteiger partial charge in [0.15, 0.2) is 6.29 Å². The Bertz CT molecular complexity index is 2130. The number of amides is 2. The molecule has 0 unspecified atom stereocenters. The van der Waals surface area contributed by atoms with Gasteiger partial charge in [0.25, 0.3) is 11.8 Å². The molecular formula is C47H42N2O5. The van der Waals surface area contributed by atoms with Gasteiger partial charge in [-0.2, -0.15) is 0 Å². The van der Waals surface area contributed by atoms with Crippen LogP contribution in [-0.2, 0) is 35.7 Å². The summed E-state index contributed by atoms with van der Waals surface area (Å²) in [6.07, 6.45) is -0.212. The lowest BCUT2D eigenvalue weighted by Crippen LogP contribution is -2.39. The Balaban J connectivity index is 1.02. The van der Waals surface area contributed by atoms with E-state index in [2.05, 4.69) is 77.7 Å². The Morgan fingerprint density at radius 3 is 1.76 bits per heavy atom. The number of rotatable bonds is 12. The van der Waals surface area contributed by atoms with Gasteiger partial charge in [0.05, 0.1) is 36.5 Å². The van der Waals surface area contributed by atoms with E-state index < -0.39 is 6.29 Å². The number of hydrogen-bond acceptors (Lipinski definition) is 6. The molecule has 1 N–H and O–H groups in total. The third-order valence-electron chi connectivity index (χ3n) is 10.2. The highest BCUT2D eigenvalue weighted by Gasteiger charge is 2.35. The first-order valence-electron chi connectivity index (χ1n) is 18.5. The molecule has 2 amide bonds. The van der Waals surface area contributed by atoms with E-state index in [-0.39, 0.29) is 37.2 Å². The summed E-state index contributed by atoms with van der Waals surface area (Å²) in [5, 5.41) is 9.67. The smallest absolute Gasteiger partial charge is 0.261 e. The molecule has 3 atom stereocenters. The molecule has 0 aliphatic carbocycles. The highest BCUT2D eigenvalue weighted by molar-refractivity contribution is 6.21. The van der Waals surface area contributed by atoms with Gasteiger partial charge in [0.2, 0.25) is 0 Å². The number of aliphatic hydroxyl groups excluding tert-OH is 1. The first-order valence-corrected chi connectivity index (χ1v) is 18.5. The van der Waals surface area contributed by atoms with Crippen molar-refractivity contribution >= 4 is 11.8 Å². The van der Waals surface area contributed by atoms with Crippen LogP contribution >= 0.6 is 0 Å². The van der Waals surface area contributed by atoms with Crippen molar-refractivity contribution in [3.63, 3.8) is 0 Å². The number of benzene rings is 6. The molecule has 0 radical (unpaired) electrons. The summed E-state index contributed by atoms with van der Waals surface area (Å²) < 4.78 is 13.5. The van der Waals surface area contributed by atoms with Crippen molar-refractivity contribution in [2.24, 2.45) is 0 Å². The monoisotopic (exact) mass is 714 g/mol. The molecule has 1 saturated heterocycles. The number of ether oxygens (including phenoxy) is 2. The topological polar surface area (TPSA) is 79.3 Å². The summed E-state index contributed by atoms with van der Waals surface area (Å²) in [7, 11) is 0. The van der Waals surface area contributed by atoms with Crippen molar-refractivity contribution < 1.29 is 24.2 Å². The normalized spacial score (nSPS) is 18.3. The molecule has 270 valence electrons. The highest BCUT2D eigenvalue weighted by Crippen LogP contribution is 2.39. The molecule has 8 rings (SSSR count). The number of imide groups is 1. The van der Waals surface area contributed by atoms with Crippen LogP contribution in [0.4, 0.5) is 0 Å². The number of carbonyl (C=O) groups is 2. The Kier molecular flexibility index (Phi) is 10.6. The average Bonchev–Trinajstić information content (AvgIpc) is 3.46. The maximum atomic E-state index is 13.0. The van der Waals surface area contributed by atoms with E-state index in [0.29, 0.717) is 24.1 Å². The molecule has 2 aliphatic rings. The minimum Gasteiger partial charge on any atom is -0.392 e. The second kappa shape index (κ2) is 16.1. The summed E-state index contributed by atoms with van der Waals surface area (Å²) >= 11 is 0. The Morgan fingerprint density at radius 2 is 1.15 bits per heavy atom. The summed E-state index contributed by atoms with van der Waals surface area (Å²) in [5.74, 6) is -0.524. The largest absolute Gasteiger partial charge is 0.392 e. The van der Waals surface area contributed by atoms with Crippen LogP contribution in [-0.4, -0.2) is 39.4 Å². The maximum absolute atomic E-state index is 13.0. The Hall–Kier alpha value is -5.70. The van der Waals surface area contributed by atoms with Crippen molar-refractivity contribution in [3.8, 4) is 11.1 Å². The van der Waals surface area contributed by atoms with Gasteiger partial charge in [-0.1, -0.05) is 140 Å². The third-order valence-corrected chi connectivity index (χ3v) is 10.2. The molecule has 6 aromatic rings. The third kappa shape index (κ3) is 7.95. The minimum atomic E-state index is -0.587. The number of carbonyl (C=O) groups excluding carboxylic acids is 2. The fourth-order valence-corrected chi connectivity index (χ4v) is 7.44. The quantitative estimate of drug-likeness (QED) is 0.128. The van der Waals surface area contributed by atoms with Gasteiger partial charge in [0, 0.05) is 31.6 Å². The summed E-state index contributed by atoms with van der Waals surface area (Å²) in [4.78, 5) is 29.8. The molecule has 2 aliphatic heterocycles. The highest BCUT2D eigenvalue weighted by atomic mass is 16.7. The van der Waals surface area contributed by atoms with E-state index in [1.165, 1.54) is 16.0 Å². The lowest BCUT2D eigenvalue weighted by atomic mass is 9.98. The molecular weight excluding hydrogens is 673 g/mol. The fraction of sp³-hybridized carbons (Fsp3) is 0.191. The molecule has 1 fully saturated rings. The fourth-order valence-electron chi connectivity index (χ4n) is 7.44. The standard InChI is InChI=1S/C47H42N2O5/c50-32-35-18-20-38(21-19-35)44-27-41(31-48(28-33-10-3-1-4-11-33)29-34-12-5-2-6-13-34)53-47(54-44)39-24-22-37(23-25-39)40-15-9-14-36(26-40)30-49-45(51)42-16-7-8-17-43(42)46(49)52/h1-26,41,44,47,50H,27-32H2/t41-,44+,47+/m1/s1. The zero-order chi connectivity index (χ0) is 36.9. The van der Waals surface area contributed by atoms with E-state index in [4.69, 9.17) is 9.47 Å². The summed E-state index contributed by atoms with van der Waals surface area (Å²) in [6.45, 7) is 2.49. The van der Waals surface area contributed by atoms with Crippen LogP contribution in [0.2, 0.25) is 0 Å². The van der Waals surface area contributed by atoms with Crippen LogP contribution in [0.1, 0.15) is 72.9 Å². The average molecular weight is 715 g/mol. The van der Waals surface area contributed by atoms with Crippen molar-refractivity contribution in [3.05, 3.63) is 202 Å². The Labute approximate surface area is 316 Å². The van der Waals surface area contributed by atoms with Gasteiger partial charge in [-0.25, -0.2) is 0 Å². The van der Waals surface area contributed by atoms with E-state index in [1.807, 2.05) is 60.7 Å². The zero-order valence-corrected chi connectivity index (χ0v) is 30.0. The van der Waals surface area contributed by atoms with Crippen LogP contribution in [0.25, 0.3) is 11.1 Å². The predicted octanol–water partition coefficient (Wildman–Crippen LogP) is 8.89. The lowest BCUT2D eigenvalue weighted by Gasteiger charge is -2.38.